The Morgan fingerprint density at radius 1 is 0.833 bits per heavy atom. The van der Waals surface area contributed by atoms with Gasteiger partial charge in [-0.15, -0.1) is 0 Å². The van der Waals surface area contributed by atoms with Crippen LogP contribution in [0.4, 0.5) is 17.5 Å². The van der Waals surface area contributed by atoms with Crippen LogP contribution in [0.3, 0.4) is 0 Å². The van der Waals surface area contributed by atoms with Crippen LogP contribution in [0.5, 0.6) is 0 Å². The molecule has 0 bridgehead atoms. The van der Waals surface area contributed by atoms with E-state index >= 15 is 0 Å². The van der Waals surface area contributed by atoms with Gasteiger partial charge in [0.25, 0.3) is 0 Å². The third kappa shape index (κ3) is 4.32. The van der Waals surface area contributed by atoms with E-state index in [-0.39, 0.29) is 0 Å². The number of nitrogens with zero attached hydrogens (tertiary/aromatic N) is 2. The van der Waals surface area contributed by atoms with Crippen LogP contribution in [0.1, 0.15) is 22.4 Å². The minimum absolute atomic E-state index is 0.604. The van der Waals surface area contributed by atoms with Gasteiger partial charge in [-0.25, -0.2) is 4.98 Å². The lowest BCUT2D eigenvalue weighted by molar-refractivity contribution is 1.06. The van der Waals surface area contributed by atoms with Crippen LogP contribution in [-0.4, -0.2) is 9.97 Å². The number of anilines is 3. The Labute approximate surface area is 143 Å². The summed E-state index contributed by atoms with van der Waals surface area (Å²) in [6.45, 7) is 6.88. The number of rotatable bonds is 5. The summed E-state index contributed by atoms with van der Waals surface area (Å²) in [5, 5.41) is 6.65. The van der Waals surface area contributed by atoms with E-state index in [0.29, 0.717) is 5.95 Å². The van der Waals surface area contributed by atoms with Crippen LogP contribution >= 0.6 is 0 Å². The van der Waals surface area contributed by atoms with Crippen molar-refractivity contribution in [1.29, 1.82) is 0 Å². The van der Waals surface area contributed by atoms with Gasteiger partial charge in [0.1, 0.15) is 5.82 Å². The molecule has 4 heteroatoms. The average molecular weight is 318 g/mol. The van der Waals surface area contributed by atoms with Crippen molar-refractivity contribution in [3.05, 3.63) is 77.0 Å². The van der Waals surface area contributed by atoms with Crippen LogP contribution in [-0.2, 0) is 6.54 Å². The Morgan fingerprint density at radius 2 is 1.58 bits per heavy atom. The SMILES string of the molecule is Cc1cccc(CNc2cc(C)nc(Nc3cccc(C)c3)n2)c1. The Kier molecular flexibility index (Phi) is 4.75. The Balaban J connectivity index is 1.73. The predicted molar refractivity (Wildman–Crippen MR) is 99.7 cm³/mol. The van der Waals surface area contributed by atoms with E-state index in [1.807, 2.05) is 25.1 Å². The first kappa shape index (κ1) is 16.0. The number of nitrogens with one attached hydrogen (secondary N) is 2. The van der Waals surface area contributed by atoms with Gasteiger partial charge >= 0.3 is 0 Å². The summed E-state index contributed by atoms with van der Waals surface area (Å²) in [4.78, 5) is 9.03. The lowest BCUT2D eigenvalue weighted by Crippen LogP contribution is -2.05. The molecule has 0 radical (unpaired) electrons. The van der Waals surface area contributed by atoms with Crippen molar-refractivity contribution in [2.24, 2.45) is 0 Å². The molecule has 0 amide bonds. The maximum atomic E-state index is 4.56. The van der Waals surface area contributed by atoms with Gasteiger partial charge < -0.3 is 10.6 Å². The first-order valence-electron chi connectivity index (χ1n) is 8.07. The van der Waals surface area contributed by atoms with E-state index in [9.17, 15) is 0 Å². The molecule has 0 atom stereocenters. The van der Waals surface area contributed by atoms with Crippen molar-refractivity contribution in [2.45, 2.75) is 27.3 Å². The van der Waals surface area contributed by atoms with E-state index in [2.05, 4.69) is 70.8 Å². The highest BCUT2D eigenvalue weighted by atomic mass is 15.1. The van der Waals surface area contributed by atoms with Gasteiger partial charge in [-0.1, -0.05) is 42.0 Å². The van der Waals surface area contributed by atoms with Gasteiger partial charge in [-0.2, -0.15) is 4.98 Å². The molecule has 0 fully saturated rings. The topological polar surface area (TPSA) is 49.8 Å². The Bertz CT molecular complexity index is 843. The molecule has 2 aromatic carbocycles. The number of hydrogen-bond donors (Lipinski definition) is 2. The number of aryl methyl sites for hydroxylation is 3. The molecule has 3 rings (SSSR count). The molecule has 1 heterocycles. The molecule has 0 saturated carbocycles. The lowest BCUT2D eigenvalue weighted by atomic mass is 10.1. The molecule has 4 nitrogen and oxygen atoms in total. The normalized spacial score (nSPS) is 10.5. The molecule has 0 aliphatic rings. The van der Waals surface area contributed by atoms with E-state index < -0.39 is 0 Å². The maximum absolute atomic E-state index is 4.56. The maximum Gasteiger partial charge on any atom is 0.229 e. The highest BCUT2D eigenvalue weighted by Gasteiger charge is 2.03. The summed E-state index contributed by atoms with van der Waals surface area (Å²) in [6.07, 6.45) is 0. The van der Waals surface area contributed by atoms with Gasteiger partial charge in [0, 0.05) is 24.0 Å². The zero-order valence-electron chi connectivity index (χ0n) is 14.3. The second-order valence-corrected chi connectivity index (χ2v) is 6.06. The molecule has 0 spiro atoms. The second kappa shape index (κ2) is 7.13. The van der Waals surface area contributed by atoms with Crippen molar-refractivity contribution in [2.75, 3.05) is 10.6 Å². The molecular weight excluding hydrogens is 296 g/mol. The third-order valence-electron chi connectivity index (χ3n) is 3.68. The van der Waals surface area contributed by atoms with Crippen LogP contribution in [0.25, 0.3) is 0 Å². The van der Waals surface area contributed by atoms with E-state index in [1.54, 1.807) is 0 Å². The largest absolute Gasteiger partial charge is 0.366 e. The molecule has 122 valence electrons. The molecule has 1 aromatic heterocycles. The molecular formula is C20H22N4. The average Bonchev–Trinajstić information content (AvgIpc) is 2.52. The zero-order valence-corrected chi connectivity index (χ0v) is 14.3. The minimum atomic E-state index is 0.604. The van der Waals surface area contributed by atoms with Crippen molar-refractivity contribution >= 4 is 17.5 Å². The highest BCUT2D eigenvalue weighted by Crippen LogP contribution is 2.17. The second-order valence-electron chi connectivity index (χ2n) is 6.06. The summed E-state index contributed by atoms with van der Waals surface area (Å²) in [7, 11) is 0. The minimum Gasteiger partial charge on any atom is -0.366 e. The number of aromatic nitrogens is 2. The van der Waals surface area contributed by atoms with Crippen molar-refractivity contribution < 1.29 is 0 Å². The molecule has 24 heavy (non-hydrogen) atoms. The van der Waals surface area contributed by atoms with Gasteiger partial charge in [0.05, 0.1) is 0 Å². The third-order valence-corrected chi connectivity index (χ3v) is 3.68. The predicted octanol–water partition coefficient (Wildman–Crippen LogP) is 4.76. The fourth-order valence-electron chi connectivity index (χ4n) is 2.58. The standard InChI is InChI=1S/C20H22N4/c1-14-6-4-8-17(10-14)13-21-19-12-16(3)22-20(24-19)23-18-9-5-7-15(2)11-18/h4-12H,13H2,1-3H3,(H2,21,22,23,24). The molecule has 2 N–H and O–H groups in total. The highest BCUT2D eigenvalue weighted by molar-refractivity contribution is 5.56. The molecule has 3 aromatic rings. The summed E-state index contributed by atoms with van der Waals surface area (Å²) in [6, 6.07) is 18.6. The summed E-state index contributed by atoms with van der Waals surface area (Å²) in [5.74, 6) is 1.42. The first-order chi connectivity index (χ1) is 11.6. The lowest BCUT2D eigenvalue weighted by Gasteiger charge is -2.11. The van der Waals surface area contributed by atoms with Crippen molar-refractivity contribution in [1.82, 2.24) is 9.97 Å². The van der Waals surface area contributed by atoms with Gasteiger partial charge in [0.15, 0.2) is 0 Å². The zero-order chi connectivity index (χ0) is 16.9. The molecule has 0 unspecified atom stereocenters. The van der Waals surface area contributed by atoms with Crippen molar-refractivity contribution in [3.8, 4) is 0 Å². The summed E-state index contributed by atoms with van der Waals surface area (Å²) < 4.78 is 0. The summed E-state index contributed by atoms with van der Waals surface area (Å²) in [5.41, 5.74) is 5.61. The first-order valence-corrected chi connectivity index (χ1v) is 8.07. The number of hydrogen-bond acceptors (Lipinski definition) is 4. The van der Waals surface area contributed by atoms with Crippen LogP contribution in [0.2, 0.25) is 0 Å². The smallest absolute Gasteiger partial charge is 0.229 e. The van der Waals surface area contributed by atoms with E-state index in [1.165, 1.54) is 16.7 Å². The van der Waals surface area contributed by atoms with Gasteiger partial charge in [-0.3, -0.25) is 0 Å². The Morgan fingerprint density at radius 3 is 2.33 bits per heavy atom. The van der Waals surface area contributed by atoms with Crippen LogP contribution < -0.4 is 10.6 Å². The quantitative estimate of drug-likeness (QED) is 0.712. The Hall–Kier alpha value is -2.88. The van der Waals surface area contributed by atoms with Crippen LogP contribution in [0, 0.1) is 20.8 Å². The van der Waals surface area contributed by atoms with E-state index in [0.717, 1.165) is 23.7 Å². The van der Waals surface area contributed by atoms with Gasteiger partial charge in [-0.05, 0) is 44.0 Å². The monoisotopic (exact) mass is 318 g/mol. The molecule has 0 saturated heterocycles. The fraction of sp³-hybridized carbons (Fsp3) is 0.200. The van der Waals surface area contributed by atoms with Crippen molar-refractivity contribution in [3.63, 3.8) is 0 Å². The number of benzene rings is 2. The fourth-order valence-corrected chi connectivity index (χ4v) is 2.58. The van der Waals surface area contributed by atoms with Gasteiger partial charge in [0.2, 0.25) is 5.95 Å². The molecule has 0 aliphatic carbocycles. The van der Waals surface area contributed by atoms with E-state index in [4.69, 9.17) is 0 Å². The van der Waals surface area contributed by atoms with Crippen LogP contribution in [0.15, 0.2) is 54.6 Å². The summed E-state index contributed by atoms with van der Waals surface area (Å²) >= 11 is 0. The molecule has 0 aliphatic heterocycles.